The van der Waals surface area contributed by atoms with Crippen molar-refractivity contribution in [1.29, 1.82) is 0 Å². The number of benzene rings is 1. The van der Waals surface area contributed by atoms with Gasteiger partial charge in [-0.1, -0.05) is 19.6 Å². The molecule has 1 aromatic carbocycles. The Morgan fingerprint density at radius 2 is 2.06 bits per heavy atom. The average Bonchev–Trinajstić information content (AvgIpc) is 2.38. The second-order valence-electron chi connectivity index (χ2n) is 4.10. The molecule has 0 bridgehead atoms. The van der Waals surface area contributed by atoms with Gasteiger partial charge in [-0.25, -0.2) is 0 Å². The molecule has 0 saturated heterocycles. The van der Waals surface area contributed by atoms with Crippen LogP contribution in [0.4, 0.5) is 0 Å². The second kappa shape index (κ2) is 8.59. The molecule has 0 spiro atoms. The van der Waals surface area contributed by atoms with E-state index in [4.69, 9.17) is 9.47 Å². The lowest BCUT2D eigenvalue weighted by Gasteiger charge is -2.12. The van der Waals surface area contributed by atoms with Crippen molar-refractivity contribution in [3.8, 4) is 11.5 Å². The van der Waals surface area contributed by atoms with Gasteiger partial charge in [-0.15, -0.1) is 0 Å². The Balaban J connectivity index is 2.71. The van der Waals surface area contributed by atoms with Crippen LogP contribution in [0.25, 0.3) is 0 Å². The molecule has 0 heterocycles. The zero-order chi connectivity index (χ0) is 13.2. The molecule has 0 amide bonds. The highest BCUT2D eigenvalue weighted by atomic mass is 16.5. The summed E-state index contributed by atoms with van der Waals surface area (Å²) in [7, 11) is 0. The maximum absolute atomic E-state index is 5.61. The summed E-state index contributed by atoms with van der Waals surface area (Å²) in [6.07, 6.45) is 2.93. The number of rotatable bonds is 9. The second-order valence-corrected chi connectivity index (χ2v) is 4.10. The molecule has 0 atom stereocenters. The van der Waals surface area contributed by atoms with Gasteiger partial charge < -0.3 is 14.8 Å². The van der Waals surface area contributed by atoms with Crippen molar-refractivity contribution in [2.45, 2.75) is 26.8 Å². The Morgan fingerprint density at radius 3 is 2.72 bits per heavy atom. The molecule has 0 unspecified atom stereocenters. The van der Waals surface area contributed by atoms with Crippen LogP contribution < -0.4 is 14.8 Å². The number of hydrogen-bond donors (Lipinski definition) is 1. The highest BCUT2D eigenvalue weighted by Crippen LogP contribution is 2.28. The topological polar surface area (TPSA) is 35.1 Å². The third-order valence-corrected chi connectivity index (χ3v) is 2.54. The van der Waals surface area contributed by atoms with Crippen LogP contribution in [0, 0.1) is 0 Å². The van der Waals surface area contributed by atoms with E-state index in [1.165, 1.54) is 12.0 Å². The van der Waals surface area contributed by atoms with E-state index in [9.17, 15) is 0 Å². The molecule has 0 fully saturated rings. The lowest BCUT2D eigenvalue weighted by atomic mass is 10.2. The monoisotopic (exact) mass is 250 g/mol. The van der Waals surface area contributed by atoms with E-state index in [-0.39, 0.29) is 0 Å². The van der Waals surface area contributed by atoms with Crippen LogP contribution >= 0.6 is 0 Å². The molecular weight excluding hydrogens is 226 g/mol. The smallest absolute Gasteiger partial charge is 0.161 e. The lowest BCUT2D eigenvalue weighted by Crippen LogP contribution is -2.82. The van der Waals surface area contributed by atoms with Crippen LogP contribution in [0.5, 0.6) is 11.5 Å². The predicted molar refractivity (Wildman–Crippen MR) is 74.1 cm³/mol. The summed E-state index contributed by atoms with van der Waals surface area (Å²) in [4.78, 5) is 0. The minimum Gasteiger partial charge on any atom is -0.490 e. The molecule has 2 N–H and O–H groups in total. The first-order valence-electron chi connectivity index (χ1n) is 6.62. The number of nitrogens with two attached hydrogens (primary N) is 1. The molecule has 3 nitrogen and oxygen atoms in total. The van der Waals surface area contributed by atoms with E-state index in [0.29, 0.717) is 13.2 Å². The molecular formula is C15H24NO2+. The van der Waals surface area contributed by atoms with E-state index >= 15 is 0 Å². The van der Waals surface area contributed by atoms with E-state index < -0.39 is 0 Å². The molecule has 0 aromatic heterocycles. The van der Waals surface area contributed by atoms with Crippen molar-refractivity contribution >= 4 is 0 Å². The third-order valence-electron chi connectivity index (χ3n) is 2.54. The zero-order valence-corrected chi connectivity index (χ0v) is 11.4. The van der Waals surface area contributed by atoms with Gasteiger partial charge in [0.2, 0.25) is 0 Å². The molecule has 0 aliphatic rings. The Hall–Kier alpha value is -1.48. The van der Waals surface area contributed by atoms with Crippen molar-refractivity contribution in [3.63, 3.8) is 0 Å². The molecule has 100 valence electrons. The minimum atomic E-state index is 0.501. The third kappa shape index (κ3) is 4.80. The number of ether oxygens (including phenoxy) is 2. The highest BCUT2D eigenvalue weighted by Gasteiger charge is 2.06. The summed E-state index contributed by atoms with van der Waals surface area (Å²) < 4.78 is 11.2. The predicted octanol–water partition coefficient (Wildman–Crippen LogP) is 2.12. The molecule has 0 saturated carbocycles. The van der Waals surface area contributed by atoms with Gasteiger partial charge in [0, 0.05) is 5.56 Å². The summed E-state index contributed by atoms with van der Waals surface area (Å²) in [5.74, 6) is 1.61. The Kier molecular flexibility index (Phi) is 6.96. The van der Waals surface area contributed by atoms with Gasteiger partial charge in [-0.3, -0.25) is 0 Å². The number of quaternary nitrogens is 1. The van der Waals surface area contributed by atoms with Gasteiger partial charge in [0.25, 0.3) is 0 Å². The SMILES string of the molecule is C=CCOc1ccc(C[NH2+]CCC)cc1OCC. The van der Waals surface area contributed by atoms with Crippen molar-refractivity contribution < 1.29 is 14.8 Å². The molecule has 0 radical (unpaired) electrons. The molecule has 1 aromatic rings. The Labute approximate surface area is 110 Å². The Bertz CT molecular complexity index is 364. The molecule has 18 heavy (non-hydrogen) atoms. The van der Waals surface area contributed by atoms with Crippen LogP contribution in [0.3, 0.4) is 0 Å². The summed E-state index contributed by atoms with van der Waals surface area (Å²) >= 11 is 0. The van der Waals surface area contributed by atoms with Crippen LogP contribution in [0.1, 0.15) is 25.8 Å². The van der Waals surface area contributed by atoms with E-state index in [0.717, 1.165) is 24.6 Å². The van der Waals surface area contributed by atoms with Gasteiger partial charge in [0.05, 0.1) is 13.2 Å². The highest BCUT2D eigenvalue weighted by molar-refractivity contribution is 5.42. The van der Waals surface area contributed by atoms with Crippen LogP contribution in [0.2, 0.25) is 0 Å². The largest absolute Gasteiger partial charge is 0.490 e. The minimum absolute atomic E-state index is 0.501. The van der Waals surface area contributed by atoms with Gasteiger partial charge in [-0.05, 0) is 31.5 Å². The summed E-state index contributed by atoms with van der Waals surface area (Å²) in [6.45, 7) is 11.1. The van der Waals surface area contributed by atoms with E-state index in [1.807, 2.05) is 13.0 Å². The van der Waals surface area contributed by atoms with E-state index in [2.05, 4.69) is 31.0 Å². The van der Waals surface area contributed by atoms with Gasteiger partial charge >= 0.3 is 0 Å². The first kappa shape index (κ1) is 14.6. The van der Waals surface area contributed by atoms with Crippen LogP contribution in [-0.2, 0) is 6.54 Å². The van der Waals surface area contributed by atoms with Crippen molar-refractivity contribution in [3.05, 3.63) is 36.4 Å². The Morgan fingerprint density at radius 1 is 1.22 bits per heavy atom. The molecule has 3 heteroatoms. The van der Waals surface area contributed by atoms with Crippen molar-refractivity contribution in [2.75, 3.05) is 19.8 Å². The standard InChI is InChI=1S/C15H23NO2/c1-4-9-16-12-13-7-8-14(18-10-5-2)15(11-13)17-6-3/h5,7-8,11,16H,2,4,6,9-10,12H2,1,3H3/p+1. The van der Waals surface area contributed by atoms with Crippen LogP contribution in [0.15, 0.2) is 30.9 Å². The summed E-state index contributed by atoms with van der Waals surface area (Å²) in [5, 5.41) is 2.30. The van der Waals surface area contributed by atoms with Gasteiger partial charge in [0.15, 0.2) is 11.5 Å². The maximum Gasteiger partial charge on any atom is 0.161 e. The first-order valence-corrected chi connectivity index (χ1v) is 6.62. The maximum atomic E-state index is 5.61. The van der Waals surface area contributed by atoms with E-state index in [1.54, 1.807) is 6.08 Å². The molecule has 0 aliphatic carbocycles. The van der Waals surface area contributed by atoms with Crippen LogP contribution in [-0.4, -0.2) is 19.8 Å². The summed E-state index contributed by atoms with van der Waals surface area (Å²) in [5.41, 5.74) is 1.26. The fourth-order valence-corrected chi connectivity index (χ4v) is 1.69. The quantitative estimate of drug-likeness (QED) is 0.538. The normalized spacial score (nSPS) is 10.1. The lowest BCUT2D eigenvalue weighted by molar-refractivity contribution is -0.670. The van der Waals surface area contributed by atoms with Gasteiger partial charge in [0.1, 0.15) is 13.2 Å². The summed E-state index contributed by atoms with van der Waals surface area (Å²) in [6, 6.07) is 6.13. The first-order chi connectivity index (χ1) is 8.81. The molecule has 0 aliphatic heterocycles. The fourth-order valence-electron chi connectivity index (χ4n) is 1.69. The zero-order valence-electron chi connectivity index (χ0n) is 11.4. The fraction of sp³-hybridized carbons (Fsp3) is 0.467. The van der Waals surface area contributed by atoms with Crippen molar-refractivity contribution in [2.24, 2.45) is 0 Å². The number of hydrogen-bond acceptors (Lipinski definition) is 2. The van der Waals surface area contributed by atoms with Gasteiger partial charge in [-0.2, -0.15) is 0 Å². The molecule has 1 rings (SSSR count). The van der Waals surface area contributed by atoms with Crippen molar-refractivity contribution in [1.82, 2.24) is 0 Å². The average molecular weight is 250 g/mol.